The summed E-state index contributed by atoms with van der Waals surface area (Å²) in [5.74, 6) is 0.0523. The molecule has 5 heteroatoms. The van der Waals surface area contributed by atoms with Crippen molar-refractivity contribution in [3.8, 4) is 0 Å². The molecule has 2 aliphatic rings. The zero-order valence-electron chi connectivity index (χ0n) is 12.4. The first kappa shape index (κ1) is 14.4. The van der Waals surface area contributed by atoms with Gasteiger partial charge in [0.05, 0.1) is 12.5 Å². The van der Waals surface area contributed by atoms with Gasteiger partial charge in [-0.1, -0.05) is 18.2 Å². The third kappa shape index (κ3) is 3.04. The average Bonchev–Trinajstić information content (AvgIpc) is 3.01. The van der Waals surface area contributed by atoms with Crippen LogP contribution in [0, 0.1) is 5.92 Å². The van der Waals surface area contributed by atoms with Gasteiger partial charge in [0.1, 0.15) is 5.60 Å². The minimum atomic E-state index is -0.352. The van der Waals surface area contributed by atoms with Gasteiger partial charge in [-0.2, -0.15) is 0 Å². The van der Waals surface area contributed by atoms with Crippen LogP contribution in [0.5, 0.6) is 0 Å². The van der Waals surface area contributed by atoms with Crippen molar-refractivity contribution in [2.24, 2.45) is 5.92 Å². The van der Waals surface area contributed by atoms with E-state index in [1.54, 1.807) is 7.11 Å². The quantitative estimate of drug-likeness (QED) is 0.874. The predicted octanol–water partition coefficient (Wildman–Crippen LogP) is 1.19. The first-order valence-electron chi connectivity index (χ1n) is 7.45. The highest BCUT2D eigenvalue weighted by Crippen LogP contribution is 2.25. The number of nitrogens with one attached hydrogen (secondary N) is 2. The van der Waals surface area contributed by atoms with Crippen LogP contribution in [-0.4, -0.2) is 44.9 Å². The molecule has 0 saturated carbocycles. The molecule has 0 aliphatic carbocycles. The van der Waals surface area contributed by atoms with E-state index in [-0.39, 0.29) is 17.4 Å². The van der Waals surface area contributed by atoms with Crippen LogP contribution in [0.4, 0.5) is 5.69 Å². The SMILES string of the molecule is COC1(CNC(=O)C2CNc3ccccc3C2)CCOC1. The van der Waals surface area contributed by atoms with Crippen molar-refractivity contribution in [2.45, 2.75) is 18.4 Å². The van der Waals surface area contributed by atoms with Gasteiger partial charge >= 0.3 is 0 Å². The third-order valence-electron chi connectivity index (χ3n) is 4.48. The van der Waals surface area contributed by atoms with Gasteiger partial charge in [0.15, 0.2) is 0 Å². The summed E-state index contributed by atoms with van der Waals surface area (Å²) in [4.78, 5) is 12.4. The summed E-state index contributed by atoms with van der Waals surface area (Å²) in [5.41, 5.74) is 1.99. The Morgan fingerprint density at radius 2 is 2.38 bits per heavy atom. The molecule has 5 nitrogen and oxygen atoms in total. The van der Waals surface area contributed by atoms with Crippen molar-refractivity contribution in [3.05, 3.63) is 29.8 Å². The second kappa shape index (κ2) is 6.03. The van der Waals surface area contributed by atoms with Crippen molar-refractivity contribution >= 4 is 11.6 Å². The lowest BCUT2D eigenvalue weighted by atomic mass is 9.93. The summed E-state index contributed by atoms with van der Waals surface area (Å²) in [6.07, 6.45) is 1.61. The molecule has 0 radical (unpaired) electrons. The normalized spacial score (nSPS) is 27.8. The number of anilines is 1. The number of para-hydroxylation sites is 1. The number of rotatable bonds is 4. The molecular formula is C16H22N2O3. The van der Waals surface area contributed by atoms with Crippen LogP contribution in [0.25, 0.3) is 0 Å². The minimum Gasteiger partial charge on any atom is -0.384 e. The Bertz CT molecular complexity index is 512. The number of benzene rings is 1. The van der Waals surface area contributed by atoms with Crippen molar-refractivity contribution in [3.63, 3.8) is 0 Å². The lowest BCUT2D eigenvalue weighted by Gasteiger charge is -2.29. The molecule has 2 N–H and O–H groups in total. The maximum Gasteiger partial charge on any atom is 0.225 e. The van der Waals surface area contributed by atoms with Crippen LogP contribution in [0.15, 0.2) is 24.3 Å². The van der Waals surface area contributed by atoms with Crippen molar-refractivity contribution in [1.29, 1.82) is 0 Å². The van der Waals surface area contributed by atoms with Crippen LogP contribution >= 0.6 is 0 Å². The van der Waals surface area contributed by atoms with Crippen LogP contribution in [0.3, 0.4) is 0 Å². The Morgan fingerprint density at radius 1 is 1.52 bits per heavy atom. The lowest BCUT2D eigenvalue weighted by Crippen LogP contribution is -2.48. The van der Waals surface area contributed by atoms with Crippen molar-refractivity contribution < 1.29 is 14.3 Å². The summed E-state index contributed by atoms with van der Waals surface area (Å²) >= 11 is 0. The van der Waals surface area contributed by atoms with Gasteiger partial charge in [-0.25, -0.2) is 0 Å². The fourth-order valence-electron chi connectivity index (χ4n) is 2.98. The van der Waals surface area contributed by atoms with Crippen LogP contribution < -0.4 is 10.6 Å². The predicted molar refractivity (Wildman–Crippen MR) is 80.3 cm³/mol. The molecule has 21 heavy (non-hydrogen) atoms. The first-order valence-corrected chi connectivity index (χ1v) is 7.45. The molecule has 2 aliphatic heterocycles. The molecule has 2 heterocycles. The molecule has 2 atom stereocenters. The van der Waals surface area contributed by atoms with Gasteiger partial charge < -0.3 is 20.1 Å². The number of carbonyl (C=O) groups is 1. The van der Waals surface area contributed by atoms with E-state index in [1.165, 1.54) is 5.56 Å². The number of fused-ring (bicyclic) bond motifs is 1. The van der Waals surface area contributed by atoms with Crippen molar-refractivity contribution in [1.82, 2.24) is 5.32 Å². The topological polar surface area (TPSA) is 59.6 Å². The third-order valence-corrected chi connectivity index (χ3v) is 4.48. The number of methoxy groups -OCH3 is 1. The molecule has 0 aromatic heterocycles. The Labute approximate surface area is 125 Å². The average molecular weight is 290 g/mol. The molecular weight excluding hydrogens is 268 g/mol. The van der Waals surface area contributed by atoms with E-state index in [0.717, 1.165) is 18.5 Å². The summed E-state index contributed by atoms with van der Waals surface area (Å²) in [6, 6.07) is 8.15. The summed E-state index contributed by atoms with van der Waals surface area (Å²) in [6.45, 7) is 2.44. The molecule has 2 unspecified atom stereocenters. The molecule has 1 aromatic rings. The summed E-state index contributed by atoms with van der Waals surface area (Å²) in [5, 5.41) is 6.36. The largest absolute Gasteiger partial charge is 0.384 e. The highest BCUT2D eigenvalue weighted by molar-refractivity contribution is 5.80. The highest BCUT2D eigenvalue weighted by Gasteiger charge is 2.36. The molecule has 1 fully saturated rings. The Kier molecular flexibility index (Phi) is 4.12. The molecule has 0 spiro atoms. The molecule has 1 amide bonds. The van der Waals surface area contributed by atoms with Gasteiger partial charge in [0.25, 0.3) is 0 Å². The maximum absolute atomic E-state index is 12.4. The Hall–Kier alpha value is -1.59. The van der Waals surface area contributed by atoms with Crippen LogP contribution in [-0.2, 0) is 20.7 Å². The van der Waals surface area contributed by atoms with E-state index in [9.17, 15) is 4.79 Å². The van der Waals surface area contributed by atoms with Crippen molar-refractivity contribution in [2.75, 3.05) is 38.7 Å². The zero-order chi connectivity index (χ0) is 14.7. The van der Waals surface area contributed by atoms with E-state index in [2.05, 4.69) is 22.8 Å². The van der Waals surface area contributed by atoms with Crippen LogP contribution in [0.2, 0.25) is 0 Å². The van der Waals surface area contributed by atoms with E-state index < -0.39 is 0 Å². The highest BCUT2D eigenvalue weighted by atomic mass is 16.5. The van der Waals surface area contributed by atoms with Gasteiger partial charge in [0, 0.05) is 38.9 Å². The van der Waals surface area contributed by atoms with E-state index >= 15 is 0 Å². The number of ether oxygens (including phenoxy) is 2. The second-order valence-electron chi connectivity index (χ2n) is 5.85. The standard InChI is InChI=1S/C16H22N2O3/c1-20-16(6-7-21-11-16)10-18-15(19)13-8-12-4-2-3-5-14(12)17-9-13/h2-5,13,17H,6-11H2,1H3,(H,18,19). The minimum absolute atomic E-state index is 0.0314. The number of hydrogen-bond donors (Lipinski definition) is 2. The number of hydrogen-bond acceptors (Lipinski definition) is 4. The second-order valence-corrected chi connectivity index (χ2v) is 5.85. The summed E-state index contributed by atoms with van der Waals surface area (Å²) < 4.78 is 10.9. The monoisotopic (exact) mass is 290 g/mol. The lowest BCUT2D eigenvalue weighted by molar-refractivity contribution is -0.126. The maximum atomic E-state index is 12.4. The van der Waals surface area contributed by atoms with Gasteiger partial charge in [-0.15, -0.1) is 0 Å². The fourth-order valence-corrected chi connectivity index (χ4v) is 2.98. The Morgan fingerprint density at radius 3 is 3.14 bits per heavy atom. The molecule has 1 aromatic carbocycles. The smallest absolute Gasteiger partial charge is 0.225 e. The fraction of sp³-hybridized carbons (Fsp3) is 0.562. The van der Waals surface area contributed by atoms with Gasteiger partial charge in [-0.05, 0) is 18.1 Å². The molecule has 3 rings (SSSR count). The molecule has 114 valence electrons. The zero-order valence-corrected chi connectivity index (χ0v) is 12.4. The first-order chi connectivity index (χ1) is 10.2. The van der Waals surface area contributed by atoms with E-state index in [4.69, 9.17) is 9.47 Å². The van der Waals surface area contributed by atoms with Gasteiger partial charge in [0.2, 0.25) is 5.91 Å². The molecule has 0 bridgehead atoms. The van der Waals surface area contributed by atoms with Gasteiger partial charge in [-0.3, -0.25) is 4.79 Å². The summed E-state index contributed by atoms with van der Waals surface area (Å²) in [7, 11) is 1.68. The number of carbonyl (C=O) groups excluding carboxylic acids is 1. The molecule has 1 saturated heterocycles. The van der Waals surface area contributed by atoms with E-state index in [0.29, 0.717) is 26.3 Å². The number of amides is 1. The Balaban J connectivity index is 1.57. The van der Waals surface area contributed by atoms with Crippen LogP contribution in [0.1, 0.15) is 12.0 Å². The van der Waals surface area contributed by atoms with E-state index in [1.807, 2.05) is 12.1 Å².